The van der Waals surface area contributed by atoms with E-state index >= 15 is 0 Å². The van der Waals surface area contributed by atoms with Gasteiger partial charge in [0.1, 0.15) is 11.4 Å². The molecule has 8 nitrogen and oxygen atoms in total. The molecule has 1 amide bonds. The van der Waals surface area contributed by atoms with Crippen LogP contribution in [0.3, 0.4) is 0 Å². The molecule has 1 fully saturated rings. The summed E-state index contributed by atoms with van der Waals surface area (Å²) in [5, 5.41) is 20.2. The number of aromatic nitrogens is 4. The minimum Gasteiger partial charge on any atom is -0.354 e. The zero-order valence-electron chi connectivity index (χ0n) is 18.5. The molecule has 0 radical (unpaired) electrons. The number of carbonyl (C=O) groups is 1. The summed E-state index contributed by atoms with van der Waals surface area (Å²) in [6, 6.07) is 15.2. The Labute approximate surface area is 204 Å². The summed E-state index contributed by atoms with van der Waals surface area (Å²) in [4.78, 5) is 29.2. The van der Waals surface area contributed by atoms with Gasteiger partial charge in [0.15, 0.2) is 5.82 Å². The summed E-state index contributed by atoms with van der Waals surface area (Å²) in [5.74, 6) is 0.656. The second kappa shape index (κ2) is 10.3. The monoisotopic (exact) mass is 492 g/mol. The van der Waals surface area contributed by atoms with Crippen molar-refractivity contribution in [3.63, 3.8) is 0 Å². The van der Waals surface area contributed by atoms with E-state index in [1.165, 1.54) is 10.7 Å². The first-order chi connectivity index (χ1) is 16.7. The Hall–Kier alpha value is -3.37. The number of nitrogens with one attached hydrogen (secondary N) is 1. The number of thiophene rings is 2. The van der Waals surface area contributed by atoms with Crippen LogP contribution in [0.4, 0.5) is 5.82 Å². The highest BCUT2D eigenvalue weighted by atomic mass is 32.1. The summed E-state index contributed by atoms with van der Waals surface area (Å²) in [6.07, 6.45) is 1.74. The van der Waals surface area contributed by atoms with Crippen molar-refractivity contribution in [1.29, 1.82) is 0 Å². The van der Waals surface area contributed by atoms with Crippen LogP contribution in [0.2, 0.25) is 0 Å². The van der Waals surface area contributed by atoms with Crippen LogP contribution >= 0.6 is 22.7 Å². The van der Waals surface area contributed by atoms with Crippen LogP contribution in [-0.2, 0) is 11.3 Å². The van der Waals surface area contributed by atoms with Crippen LogP contribution in [0.15, 0.2) is 64.1 Å². The van der Waals surface area contributed by atoms with Crippen LogP contribution in [0.1, 0.15) is 12.8 Å². The molecule has 5 rings (SSSR count). The first-order valence-electron chi connectivity index (χ1n) is 11.2. The Bertz CT molecular complexity index is 1290. The van der Waals surface area contributed by atoms with Gasteiger partial charge >= 0.3 is 0 Å². The lowest BCUT2D eigenvalue weighted by Crippen LogP contribution is -2.44. The first-order valence-corrected chi connectivity index (χ1v) is 13.0. The highest BCUT2D eigenvalue weighted by molar-refractivity contribution is 7.13. The predicted octanol–water partition coefficient (Wildman–Crippen LogP) is 3.52. The van der Waals surface area contributed by atoms with E-state index in [9.17, 15) is 9.59 Å². The lowest BCUT2D eigenvalue weighted by atomic mass is 9.97. The third kappa shape index (κ3) is 5.07. The molecule has 0 spiro atoms. The molecule has 1 aliphatic rings. The molecule has 34 heavy (non-hydrogen) atoms. The van der Waals surface area contributed by atoms with Gasteiger partial charge in [-0.05, 0) is 53.9 Å². The van der Waals surface area contributed by atoms with Gasteiger partial charge in [0, 0.05) is 25.7 Å². The molecule has 0 bridgehead atoms. The number of hydrogen-bond acceptors (Lipinski definition) is 8. The van der Waals surface area contributed by atoms with Gasteiger partial charge in [-0.3, -0.25) is 9.59 Å². The number of rotatable bonds is 7. The lowest BCUT2D eigenvalue weighted by Gasteiger charge is -2.32. The number of carbonyl (C=O) groups excluding carboxylic acids is 1. The van der Waals surface area contributed by atoms with Gasteiger partial charge in [0.25, 0.3) is 5.56 Å². The van der Waals surface area contributed by atoms with Crippen molar-refractivity contribution >= 4 is 34.4 Å². The summed E-state index contributed by atoms with van der Waals surface area (Å²) in [5.41, 5.74) is 1.44. The molecule has 0 saturated carbocycles. The molecule has 1 N–H and O–H groups in total. The Morgan fingerprint density at radius 2 is 1.76 bits per heavy atom. The van der Waals surface area contributed by atoms with Crippen molar-refractivity contribution in [2.75, 3.05) is 24.5 Å². The van der Waals surface area contributed by atoms with E-state index in [4.69, 9.17) is 0 Å². The number of amides is 1. The molecule has 1 unspecified atom stereocenters. The summed E-state index contributed by atoms with van der Waals surface area (Å²) >= 11 is 3.21. The molecule has 0 aromatic carbocycles. The SMILES string of the molecule is O=C(NCCn1nc(-c2cccs2)ccc1=O)C1CCCN(c2ccc(-c3cccs3)nn2)C1. The number of anilines is 1. The van der Waals surface area contributed by atoms with E-state index < -0.39 is 0 Å². The molecule has 174 valence electrons. The fourth-order valence-corrected chi connectivity index (χ4v) is 5.42. The van der Waals surface area contributed by atoms with E-state index in [0.717, 1.165) is 46.3 Å². The molecule has 1 aliphatic heterocycles. The molecule has 0 aliphatic carbocycles. The average molecular weight is 493 g/mol. The maximum Gasteiger partial charge on any atom is 0.266 e. The Morgan fingerprint density at radius 3 is 2.47 bits per heavy atom. The van der Waals surface area contributed by atoms with E-state index in [-0.39, 0.29) is 17.4 Å². The van der Waals surface area contributed by atoms with Crippen molar-refractivity contribution in [3.8, 4) is 21.1 Å². The van der Waals surface area contributed by atoms with Crippen LogP contribution in [0, 0.1) is 5.92 Å². The summed E-state index contributed by atoms with van der Waals surface area (Å²) < 4.78 is 1.41. The van der Waals surface area contributed by atoms with Crippen LogP contribution in [-0.4, -0.2) is 45.5 Å². The van der Waals surface area contributed by atoms with Gasteiger partial charge in [-0.2, -0.15) is 5.10 Å². The third-order valence-corrected chi connectivity index (χ3v) is 7.59. The number of hydrogen-bond donors (Lipinski definition) is 1. The van der Waals surface area contributed by atoms with Gasteiger partial charge in [-0.25, -0.2) is 4.68 Å². The molecule has 4 aromatic rings. The number of piperidine rings is 1. The minimum atomic E-state index is -0.178. The highest BCUT2D eigenvalue weighted by Gasteiger charge is 2.26. The quantitative estimate of drug-likeness (QED) is 0.424. The van der Waals surface area contributed by atoms with Gasteiger partial charge in [0.2, 0.25) is 5.91 Å². The van der Waals surface area contributed by atoms with Gasteiger partial charge in [-0.1, -0.05) is 12.1 Å². The summed E-state index contributed by atoms with van der Waals surface area (Å²) in [6.45, 7) is 2.14. The molecule has 5 heterocycles. The smallest absolute Gasteiger partial charge is 0.266 e. The standard InChI is InChI=1S/C24H24N6O2S2/c31-23-10-8-19(21-6-3-15-34-21)28-30(23)13-11-25-24(32)17-4-1-12-29(16-17)22-9-7-18(26-27-22)20-5-2-14-33-20/h2-3,5-10,14-15,17H,1,4,11-13,16H2,(H,25,32). The Morgan fingerprint density at radius 1 is 1.00 bits per heavy atom. The number of nitrogens with zero attached hydrogens (tertiary/aromatic N) is 5. The molecular formula is C24H24N6O2S2. The van der Waals surface area contributed by atoms with Crippen LogP contribution in [0.5, 0.6) is 0 Å². The van der Waals surface area contributed by atoms with Crippen molar-refractivity contribution in [2.45, 2.75) is 19.4 Å². The van der Waals surface area contributed by atoms with Crippen molar-refractivity contribution in [2.24, 2.45) is 5.92 Å². The molecule has 10 heteroatoms. The van der Waals surface area contributed by atoms with Crippen LogP contribution < -0.4 is 15.8 Å². The normalized spacial score (nSPS) is 15.9. The van der Waals surface area contributed by atoms with Crippen molar-refractivity contribution in [3.05, 3.63) is 69.6 Å². The van der Waals surface area contributed by atoms with E-state index in [2.05, 4.69) is 25.5 Å². The zero-order valence-corrected chi connectivity index (χ0v) is 20.1. The molecular weight excluding hydrogens is 468 g/mol. The molecule has 1 atom stereocenters. The highest BCUT2D eigenvalue weighted by Crippen LogP contribution is 2.25. The molecule has 1 saturated heterocycles. The average Bonchev–Trinajstić information content (AvgIpc) is 3.60. The lowest BCUT2D eigenvalue weighted by molar-refractivity contribution is -0.125. The van der Waals surface area contributed by atoms with Crippen LogP contribution in [0.25, 0.3) is 21.1 Å². The topological polar surface area (TPSA) is 93.0 Å². The zero-order chi connectivity index (χ0) is 23.3. The van der Waals surface area contributed by atoms with Gasteiger partial charge in [-0.15, -0.1) is 32.9 Å². The third-order valence-electron chi connectivity index (χ3n) is 5.80. The fraction of sp³-hybridized carbons (Fsp3) is 0.292. The predicted molar refractivity (Wildman–Crippen MR) is 135 cm³/mol. The maximum atomic E-state index is 12.8. The van der Waals surface area contributed by atoms with E-state index in [0.29, 0.717) is 19.6 Å². The Balaban J connectivity index is 1.16. The second-order valence-corrected chi connectivity index (χ2v) is 9.98. The fourth-order valence-electron chi connectivity index (χ4n) is 4.04. The van der Waals surface area contributed by atoms with E-state index in [1.54, 1.807) is 28.7 Å². The van der Waals surface area contributed by atoms with Crippen molar-refractivity contribution in [1.82, 2.24) is 25.3 Å². The molecule has 4 aromatic heterocycles. The minimum absolute atomic E-state index is 0.00433. The van der Waals surface area contributed by atoms with Crippen molar-refractivity contribution < 1.29 is 4.79 Å². The summed E-state index contributed by atoms with van der Waals surface area (Å²) in [7, 11) is 0. The second-order valence-electron chi connectivity index (χ2n) is 8.09. The van der Waals surface area contributed by atoms with Gasteiger partial charge in [0.05, 0.1) is 22.2 Å². The Kier molecular flexibility index (Phi) is 6.77. The largest absolute Gasteiger partial charge is 0.354 e. The van der Waals surface area contributed by atoms with Gasteiger partial charge < -0.3 is 10.2 Å². The maximum absolute atomic E-state index is 12.8. The first kappa shape index (κ1) is 22.4. The van der Waals surface area contributed by atoms with E-state index in [1.807, 2.05) is 47.2 Å².